The van der Waals surface area contributed by atoms with Crippen LogP contribution in [0.25, 0.3) is 0 Å². The molecule has 0 saturated carbocycles. The van der Waals surface area contributed by atoms with E-state index in [4.69, 9.17) is 15.3 Å². The first-order valence-corrected chi connectivity index (χ1v) is 21.7. The average molecular weight is 947 g/mol. The summed E-state index contributed by atoms with van der Waals surface area (Å²) in [6, 6.07) is 5.41. The van der Waals surface area contributed by atoms with Crippen LogP contribution in [0.4, 0.5) is 4.79 Å². The number of carbonyl (C=O) groups is 9. The Balaban J connectivity index is 1.75. The number of benzene rings is 2. The van der Waals surface area contributed by atoms with Crippen LogP contribution in [0.1, 0.15) is 92.9 Å². The number of unbranched alkanes of at least 4 members (excludes halogenated alkanes) is 3. The number of aryl methyl sites for hydroxylation is 2. The van der Waals surface area contributed by atoms with E-state index >= 15 is 0 Å². The Labute approximate surface area is 386 Å². The van der Waals surface area contributed by atoms with Crippen LogP contribution in [0, 0.1) is 0 Å². The van der Waals surface area contributed by atoms with Gasteiger partial charge >= 0.3 is 41.8 Å². The Kier molecular flexibility index (Phi) is 25.3. The Morgan fingerprint density at radius 3 is 1.40 bits per heavy atom. The van der Waals surface area contributed by atoms with Crippen molar-refractivity contribution in [2.45, 2.75) is 109 Å². The van der Waals surface area contributed by atoms with Gasteiger partial charge in [-0.15, -0.1) is 0 Å². The summed E-state index contributed by atoms with van der Waals surface area (Å²) in [7, 11) is 0. The van der Waals surface area contributed by atoms with Crippen molar-refractivity contribution in [2.75, 3.05) is 39.3 Å². The summed E-state index contributed by atoms with van der Waals surface area (Å²) in [4.78, 5) is 108. The number of nitrogens with one attached hydrogen (secondary N) is 4. The first-order chi connectivity index (χ1) is 31.7. The predicted octanol–water partition coefficient (Wildman–Crippen LogP) is 1.55. The number of hydrogen-bond donors (Lipinski definition) is 12. The Bertz CT molecular complexity index is 2010. The molecule has 0 aliphatic carbocycles. The third-order valence-corrected chi connectivity index (χ3v) is 10.3. The largest absolute Gasteiger partial charge is 0.508 e. The molecule has 0 aliphatic rings. The minimum atomic E-state index is -1.52. The highest BCUT2D eigenvalue weighted by molar-refractivity contribution is 5.86. The van der Waals surface area contributed by atoms with E-state index in [0.717, 1.165) is 0 Å². The van der Waals surface area contributed by atoms with E-state index in [9.17, 15) is 68.7 Å². The molecule has 2 atom stereocenters. The summed E-state index contributed by atoms with van der Waals surface area (Å²) in [5.74, 6) is -8.02. The number of nitrogens with zero attached hydrogens (tertiary/aromatic N) is 2. The molecule has 0 aromatic heterocycles. The monoisotopic (exact) mass is 946 g/mol. The minimum Gasteiger partial charge on any atom is -0.508 e. The molecule has 0 saturated heterocycles. The molecule has 67 heavy (non-hydrogen) atoms. The van der Waals surface area contributed by atoms with Crippen molar-refractivity contribution < 1.29 is 84.0 Å². The van der Waals surface area contributed by atoms with Crippen LogP contribution in [0.15, 0.2) is 36.4 Å². The molecule has 0 radical (unpaired) electrons. The molecule has 0 aliphatic heterocycles. The van der Waals surface area contributed by atoms with Crippen LogP contribution >= 0.6 is 0 Å². The van der Waals surface area contributed by atoms with Crippen LogP contribution < -0.4 is 21.3 Å². The standard InChI is InChI=1S/C44H62N6O17/c51-34-13-8-28(22-30(34)24-49(26-40(59)60)20-21-50(27-41(61)62)25-31-23-29(9-14-35(31)52)11-16-38(55)56)10-15-37(54)46-18-4-1-2-7-36(53)45-19-5-3-6-32(42(63)64)47-44(67)48-33(43(65)66)12-17-39(57)58/h8-9,13-14,22-23,32-33,51-52H,1-7,10-12,15-21,24-27H2,(H,45,53)(H,46,54)(H,55,56)(H,57,58)(H,59,60)(H,61,62)(H,63,64)(H,65,66)(H2,47,48,67)/t32?,33-/m0/s1. The third kappa shape index (κ3) is 24.7. The second-order valence-electron chi connectivity index (χ2n) is 15.9. The van der Waals surface area contributed by atoms with Crippen LogP contribution in [0.2, 0.25) is 0 Å². The van der Waals surface area contributed by atoms with E-state index in [1.54, 1.807) is 24.3 Å². The number of aliphatic carboxylic acids is 6. The molecule has 2 rings (SSSR count). The lowest BCUT2D eigenvalue weighted by atomic mass is 10.0. The number of carboxylic acid groups (broad SMARTS) is 6. The van der Waals surface area contributed by atoms with Crippen molar-refractivity contribution in [3.05, 3.63) is 58.7 Å². The highest BCUT2D eigenvalue weighted by Crippen LogP contribution is 2.23. The van der Waals surface area contributed by atoms with E-state index in [-0.39, 0.29) is 94.6 Å². The van der Waals surface area contributed by atoms with Gasteiger partial charge in [-0.05, 0) is 74.6 Å². The number of phenolic OH excluding ortho intramolecular Hbond substituents is 2. The predicted molar refractivity (Wildman–Crippen MR) is 236 cm³/mol. The number of amides is 4. The van der Waals surface area contributed by atoms with E-state index in [1.807, 2.05) is 0 Å². The Hall–Kier alpha value is -7.01. The molecule has 12 N–H and O–H groups in total. The average Bonchev–Trinajstić information content (AvgIpc) is 3.24. The van der Waals surface area contributed by atoms with Gasteiger partial charge in [-0.3, -0.25) is 38.6 Å². The van der Waals surface area contributed by atoms with E-state index in [2.05, 4.69) is 21.3 Å². The zero-order valence-electron chi connectivity index (χ0n) is 37.1. The number of carboxylic acids is 6. The number of hydrogen-bond acceptors (Lipinski definition) is 13. The molecule has 0 spiro atoms. The molecule has 0 heterocycles. The first-order valence-electron chi connectivity index (χ1n) is 21.7. The fourth-order valence-electron chi connectivity index (χ4n) is 6.76. The number of urea groups is 1. The summed E-state index contributed by atoms with van der Waals surface area (Å²) in [5, 5.41) is 86.4. The fraction of sp³-hybridized carbons (Fsp3) is 0.523. The maximum absolute atomic E-state index is 12.6. The maximum atomic E-state index is 12.6. The van der Waals surface area contributed by atoms with Crippen molar-refractivity contribution in [1.82, 2.24) is 31.1 Å². The lowest BCUT2D eigenvalue weighted by Gasteiger charge is -2.26. The van der Waals surface area contributed by atoms with Gasteiger partial charge in [0.05, 0.1) is 13.1 Å². The van der Waals surface area contributed by atoms with E-state index in [1.165, 1.54) is 21.9 Å². The second-order valence-corrected chi connectivity index (χ2v) is 15.9. The topological polar surface area (TPSA) is 370 Å². The van der Waals surface area contributed by atoms with Gasteiger partial charge < -0.3 is 62.1 Å². The maximum Gasteiger partial charge on any atom is 0.326 e. The highest BCUT2D eigenvalue weighted by atomic mass is 16.4. The first kappa shape index (κ1) is 56.1. The zero-order valence-corrected chi connectivity index (χ0v) is 37.1. The number of aromatic hydroxyl groups is 2. The lowest BCUT2D eigenvalue weighted by Crippen LogP contribution is -2.51. The molecule has 4 amide bonds. The van der Waals surface area contributed by atoms with Gasteiger partial charge in [-0.25, -0.2) is 14.4 Å². The summed E-state index contributed by atoms with van der Waals surface area (Å²) < 4.78 is 0. The van der Waals surface area contributed by atoms with Crippen molar-refractivity contribution >= 4 is 53.7 Å². The molecule has 23 heteroatoms. The summed E-state index contributed by atoms with van der Waals surface area (Å²) in [5.41, 5.74) is 2.12. The lowest BCUT2D eigenvalue weighted by molar-refractivity contribution is -0.141. The quantitative estimate of drug-likeness (QED) is 0.0436. The van der Waals surface area contributed by atoms with Gasteiger partial charge in [0.25, 0.3) is 0 Å². The Morgan fingerprint density at radius 2 is 0.940 bits per heavy atom. The van der Waals surface area contributed by atoms with Gasteiger partial charge in [0.1, 0.15) is 23.6 Å². The van der Waals surface area contributed by atoms with Gasteiger partial charge in [-0.2, -0.15) is 0 Å². The van der Waals surface area contributed by atoms with Crippen molar-refractivity contribution in [3.8, 4) is 11.5 Å². The fourth-order valence-corrected chi connectivity index (χ4v) is 6.76. The van der Waals surface area contributed by atoms with Crippen LogP contribution in [-0.4, -0.2) is 156 Å². The molecule has 2 aromatic rings. The number of phenols is 2. The second kappa shape index (κ2) is 30.2. The van der Waals surface area contributed by atoms with Gasteiger partial charge in [0.15, 0.2) is 0 Å². The smallest absolute Gasteiger partial charge is 0.326 e. The summed E-state index contributed by atoms with van der Waals surface area (Å²) in [6.07, 6.45) is 2.33. The minimum absolute atomic E-state index is 0.00728. The molecule has 23 nitrogen and oxygen atoms in total. The SMILES string of the molecule is O=C(O)CCc1ccc(O)c(CN(CCN(CC(=O)O)Cc2cc(CCC(=O)NCCCCCC(=O)NCCCCC(NC(=O)N[C@@H](CCC(=O)O)C(=O)O)C(=O)O)ccc2O)CC(=O)O)c1. The van der Waals surface area contributed by atoms with Crippen molar-refractivity contribution in [1.29, 1.82) is 0 Å². The van der Waals surface area contributed by atoms with Crippen molar-refractivity contribution in [3.63, 3.8) is 0 Å². The number of carbonyl (C=O) groups excluding carboxylic acids is 3. The van der Waals surface area contributed by atoms with Gasteiger partial charge in [0.2, 0.25) is 11.8 Å². The highest BCUT2D eigenvalue weighted by Gasteiger charge is 2.25. The molecular weight excluding hydrogens is 885 g/mol. The van der Waals surface area contributed by atoms with Gasteiger partial charge in [-0.1, -0.05) is 30.7 Å². The van der Waals surface area contributed by atoms with Crippen LogP contribution in [0.5, 0.6) is 11.5 Å². The molecular formula is C44H62N6O17. The number of rotatable bonds is 35. The Morgan fingerprint density at radius 1 is 0.493 bits per heavy atom. The van der Waals surface area contributed by atoms with Gasteiger partial charge in [0, 0.05) is 76.1 Å². The van der Waals surface area contributed by atoms with Crippen LogP contribution in [0.3, 0.4) is 0 Å². The third-order valence-electron chi connectivity index (χ3n) is 10.3. The molecule has 1 unspecified atom stereocenters. The molecule has 370 valence electrons. The molecule has 2 aromatic carbocycles. The summed E-state index contributed by atoms with van der Waals surface area (Å²) >= 11 is 0. The van der Waals surface area contributed by atoms with E-state index < -0.39 is 73.4 Å². The van der Waals surface area contributed by atoms with Crippen molar-refractivity contribution in [2.24, 2.45) is 0 Å². The molecule has 0 bridgehead atoms. The van der Waals surface area contributed by atoms with Crippen LogP contribution in [-0.2, 0) is 64.3 Å². The molecule has 0 fully saturated rings. The van der Waals surface area contributed by atoms with E-state index in [0.29, 0.717) is 67.3 Å². The summed E-state index contributed by atoms with van der Waals surface area (Å²) in [6.45, 7) is -0.139. The normalized spacial score (nSPS) is 11.9. The zero-order chi connectivity index (χ0) is 49.9.